The van der Waals surface area contributed by atoms with Gasteiger partial charge in [0.25, 0.3) is 0 Å². The van der Waals surface area contributed by atoms with Crippen molar-refractivity contribution in [3.05, 3.63) is 0 Å². The number of hydrogen-bond acceptors (Lipinski definition) is 2. The van der Waals surface area contributed by atoms with Crippen LogP contribution in [0.2, 0.25) is 0 Å². The van der Waals surface area contributed by atoms with Crippen LogP contribution in [0.3, 0.4) is 0 Å². The predicted octanol–water partition coefficient (Wildman–Crippen LogP) is 1.95. The number of hydrogen-bond donors (Lipinski definition) is 1. The van der Waals surface area contributed by atoms with E-state index in [1.54, 1.807) is 0 Å². The lowest BCUT2D eigenvalue weighted by Crippen LogP contribution is -2.27. The van der Waals surface area contributed by atoms with Crippen molar-refractivity contribution in [1.29, 1.82) is 0 Å². The van der Waals surface area contributed by atoms with E-state index < -0.39 is 0 Å². The first kappa shape index (κ1) is 11.8. The molecule has 0 heterocycles. The molecule has 0 aromatic rings. The van der Waals surface area contributed by atoms with Crippen molar-refractivity contribution >= 4 is 18.5 Å². The largest absolute Gasteiger partial charge is 0.346 e. The second-order valence-electron chi connectivity index (χ2n) is 3.00. The molecule has 12 heavy (non-hydrogen) atoms. The minimum absolute atomic E-state index is 0.248. The van der Waals surface area contributed by atoms with Gasteiger partial charge in [0.05, 0.1) is 0 Å². The van der Waals surface area contributed by atoms with Gasteiger partial charge in [0.2, 0.25) is 5.91 Å². The van der Waals surface area contributed by atoms with E-state index in [9.17, 15) is 4.79 Å². The summed E-state index contributed by atoms with van der Waals surface area (Å²) in [5.41, 5.74) is 0. The zero-order chi connectivity index (χ0) is 9.40. The van der Waals surface area contributed by atoms with Gasteiger partial charge in [0.15, 0.2) is 0 Å². The van der Waals surface area contributed by atoms with E-state index in [-0.39, 0.29) is 5.91 Å². The fourth-order valence-electron chi connectivity index (χ4n) is 0.941. The molecule has 0 fully saturated rings. The molecule has 0 aliphatic rings. The Hall–Kier alpha value is -0.180. The van der Waals surface area contributed by atoms with Gasteiger partial charge >= 0.3 is 0 Å². The Labute approximate surface area is 80.7 Å². The molecule has 2 nitrogen and oxygen atoms in total. The lowest BCUT2D eigenvalue weighted by Gasteiger charge is -2.16. The lowest BCUT2D eigenvalue weighted by molar-refractivity contribution is -0.129. The van der Waals surface area contributed by atoms with Crippen molar-refractivity contribution in [2.45, 2.75) is 32.6 Å². The van der Waals surface area contributed by atoms with Gasteiger partial charge in [0.1, 0.15) is 0 Å². The van der Waals surface area contributed by atoms with Crippen LogP contribution in [0.4, 0.5) is 0 Å². The van der Waals surface area contributed by atoms with Crippen LogP contribution in [-0.2, 0) is 4.79 Å². The lowest BCUT2D eigenvalue weighted by atomic mass is 10.2. The molecule has 3 heteroatoms. The smallest absolute Gasteiger partial charge is 0.222 e. The summed E-state index contributed by atoms with van der Waals surface area (Å²) in [5.74, 6) is 1.05. The number of thiol groups is 1. The molecule has 0 atom stereocenters. The van der Waals surface area contributed by atoms with Gasteiger partial charge in [-0.3, -0.25) is 4.79 Å². The molecule has 0 bridgehead atoms. The Morgan fingerprint density at radius 2 is 2.08 bits per heavy atom. The van der Waals surface area contributed by atoms with Crippen molar-refractivity contribution in [3.63, 3.8) is 0 Å². The van der Waals surface area contributed by atoms with Gasteiger partial charge in [-0.15, -0.1) is 0 Å². The van der Waals surface area contributed by atoms with E-state index >= 15 is 0 Å². The van der Waals surface area contributed by atoms with Crippen LogP contribution >= 0.6 is 12.6 Å². The molecule has 0 unspecified atom stereocenters. The van der Waals surface area contributed by atoms with Crippen LogP contribution in [0.1, 0.15) is 32.6 Å². The van der Waals surface area contributed by atoms with E-state index in [1.165, 1.54) is 0 Å². The molecule has 0 aromatic carbocycles. The van der Waals surface area contributed by atoms with Gasteiger partial charge in [0, 0.05) is 20.0 Å². The molecule has 0 aliphatic heterocycles. The quantitative estimate of drug-likeness (QED) is 0.633. The Bertz CT molecular complexity index is 128. The fourth-order valence-corrected chi connectivity index (χ4v) is 1.10. The molecule has 72 valence electrons. The predicted molar refractivity (Wildman–Crippen MR) is 55.6 cm³/mol. The topological polar surface area (TPSA) is 20.3 Å². The zero-order valence-corrected chi connectivity index (χ0v) is 8.94. The molecule has 0 saturated heterocycles. The molecule has 0 saturated carbocycles. The highest BCUT2D eigenvalue weighted by Crippen LogP contribution is 1.99. The summed E-state index contributed by atoms with van der Waals surface area (Å²) in [6.45, 7) is 3.02. The summed E-state index contributed by atoms with van der Waals surface area (Å²) in [4.78, 5) is 13.1. The Morgan fingerprint density at radius 3 is 2.58 bits per heavy atom. The second-order valence-corrected chi connectivity index (χ2v) is 3.44. The molecule has 0 rings (SSSR count). The summed E-state index contributed by atoms with van der Waals surface area (Å²) in [5, 5.41) is 0. The highest BCUT2D eigenvalue weighted by atomic mass is 32.1. The summed E-state index contributed by atoms with van der Waals surface area (Å²) in [7, 11) is 1.87. The number of rotatable bonds is 6. The molecule has 0 N–H and O–H groups in total. The minimum Gasteiger partial charge on any atom is -0.346 e. The third-order valence-corrected chi connectivity index (χ3v) is 2.14. The molecule has 0 radical (unpaired) electrons. The van der Waals surface area contributed by atoms with Gasteiger partial charge in [-0.05, 0) is 18.6 Å². The maximum Gasteiger partial charge on any atom is 0.222 e. The molecular formula is C9H19NOS. The third-order valence-electron chi connectivity index (χ3n) is 1.82. The zero-order valence-electron chi connectivity index (χ0n) is 8.05. The number of nitrogens with zero attached hydrogens (tertiary/aromatic N) is 1. The highest BCUT2D eigenvalue weighted by molar-refractivity contribution is 7.80. The van der Waals surface area contributed by atoms with E-state index in [2.05, 4.69) is 19.6 Å². The van der Waals surface area contributed by atoms with Crippen LogP contribution in [0, 0.1) is 0 Å². The Balaban J connectivity index is 3.47. The van der Waals surface area contributed by atoms with Crippen LogP contribution in [0.25, 0.3) is 0 Å². The van der Waals surface area contributed by atoms with E-state index in [0.717, 1.165) is 31.6 Å². The first-order chi connectivity index (χ1) is 5.72. The third kappa shape index (κ3) is 5.47. The van der Waals surface area contributed by atoms with Crippen molar-refractivity contribution in [2.75, 3.05) is 19.3 Å². The highest BCUT2D eigenvalue weighted by Gasteiger charge is 2.05. The van der Waals surface area contributed by atoms with Crippen molar-refractivity contribution in [1.82, 2.24) is 4.90 Å². The first-order valence-electron chi connectivity index (χ1n) is 4.57. The molecule has 1 amide bonds. The Kier molecular flexibility index (Phi) is 7.36. The van der Waals surface area contributed by atoms with E-state index in [1.807, 2.05) is 11.9 Å². The summed E-state index contributed by atoms with van der Waals surface area (Å²) in [6.07, 6.45) is 3.77. The molecule has 0 spiro atoms. The van der Waals surface area contributed by atoms with Gasteiger partial charge in [-0.2, -0.15) is 12.6 Å². The van der Waals surface area contributed by atoms with E-state index in [0.29, 0.717) is 6.42 Å². The first-order valence-corrected chi connectivity index (χ1v) is 5.20. The number of unbranched alkanes of at least 4 members (excludes halogenated alkanes) is 1. The van der Waals surface area contributed by atoms with E-state index in [4.69, 9.17) is 0 Å². The number of carbonyl (C=O) groups excluding carboxylic acids is 1. The molecule has 0 aliphatic carbocycles. The average Bonchev–Trinajstić information content (AvgIpc) is 2.10. The van der Waals surface area contributed by atoms with Crippen LogP contribution in [0.15, 0.2) is 0 Å². The second kappa shape index (κ2) is 7.47. The van der Waals surface area contributed by atoms with Crippen molar-refractivity contribution in [2.24, 2.45) is 0 Å². The minimum atomic E-state index is 0.248. The maximum absolute atomic E-state index is 11.3. The summed E-state index contributed by atoms with van der Waals surface area (Å²) < 4.78 is 0. The summed E-state index contributed by atoms with van der Waals surface area (Å²) in [6, 6.07) is 0. The molecular weight excluding hydrogens is 170 g/mol. The number of carbonyl (C=O) groups is 1. The van der Waals surface area contributed by atoms with Gasteiger partial charge < -0.3 is 4.90 Å². The monoisotopic (exact) mass is 189 g/mol. The Morgan fingerprint density at radius 1 is 1.42 bits per heavy atom. The van der Waals surface area contributed by atoms with Crippen molar-refractivity contribution in [3.8, 4) is 0 Å². The SMILES string of the molecule is CCCCN(C)C(=O)CCCS. The van der Waals surface area contributed by atoms with Crippen LogP contribution in [-0.4, -0.2) is 30.2 Å². The standard InChI is InChI=1S/C9H19NOS/c1-3-4-7-10(2)9(11)6-5-8-12/h12H,3-8H2,1-2H3. The average molecular weight is 189 g/mol. The fraction of sp³-hybridized carbons (Fsp3) is 0.889. The van der Waals surface area contributed by atoms with Gasteiger partial charge in [-0.25, -0.2) is 0 Å². The normalized spacial score (nSPS) is 9.92. The van der Waals surface area contributed by atoms with Gasteiger partial charge in [-0.1, -0.05) is 13.3 Å². The summed E-state index contributed by atoms with van der Waals surface area (Å²) >= 11 is 4.06. The maximum atomic E-state index is 11.3. The molecule has 0 aromatic heterocycles. The number of amides is 1. The van der Waals surface area contributed by atoms with Crippen molar-refractivity contribution < 1.29 is 4.79 Å². The van der Waals surface area contributed by atoms with Crippen LogP contribution in [0.5, 0.6) is 0 Å². The van der Waals surface area contributed by atoms with Crippen LogP contribution < -0.4 is 0 Å².